The van der Waals surface area contributed by atoms with Gasteiger partial charge in [-0.3, -0.25) is 9.48 Å². The number of nitrogens with one attached hydrogen (secondary N) is 1. The number of ketones is 1. The Balaban J connectivity index is 2.13. The van der Waals surface area contributed by atoms with E-state index in [2.05, 4.69) is 10.4 Å². The highest BCUT2D eigenvalue weighted by atomic mass is 16.5. The summed E-state index contributed by atoms with van der Waals surface area (Å²) in [6.45, 7) is 1.10. The zero-order chi connectivity index (χ0) is 10.8. The van der Waals surface area contributed by atoms with E-state index in [0.717, 1.165) is 0 Å². The number of hydrogen-bond donors (Lipinski definition) is 1. The molecule has 1 fully saturated rings. The van der Waals surface area contributed by atoms with E-state index in [1.807, 2.05) is 7.05 Å². The van der Waals surface area contributed by atoms with Gasteiger partial charge in [0.05, 0.1) is 30.9 Å². The van der Waals surface area contributed by atoms with Gasteiger partial charge < -0.3 is 10.1 Å². The quantitative estimate of drug-likeness (QED) is 0.703. The Labute approximate surface area is 88.4 Å². The van der Waals surface area contributed by atoms with Crippen LogP contribution < -0.4 is 5.32 Å². The molecular weight excluding hydrogens is 194 g/mol. The molecule has 5 nitrogen and oxygen atoms in total. The second kappa shape index (κ2) is 4.12. The van der Waals surface area contributed by atoms with Gasteiger partial charge in [-0.15, -0.1) is 0 Å². The number of nitrogens with zero attached hydrogens (tertiary/aromatic N) is 2. The molecule has 1 aliphatic heterocycles. The predicted molar refractivity (Wildman–Crippen MR) is 54.7 cm³/mol. The molecule has 0 bridgehead atoms. The first-order valence-electron chi connectivity index (χ1n) is 5.00. The zero-order valence-corrected chi connectivity index (χ0v) is 8.93. The number of carbonyl (C=O) groups is 1. The third kappa shape index (κ3) is 1.93. The summed E-state index contributed by atoms with van der Waals surface area (Å²) in [5.74, 6) is 0.0270. The molecule has 1 aromatic rings. The summed E-state index contributed by atoms with van der Waals surface area (Å²) in [4.78, 5) is 12.1. The average molecular weight is 209 g/mol. The summed E-state index contributed by atoms with van der Waals surface area (Å²) in [6.07, 6.45) is 3.35. The van der Waals surface area contributed by atoms with Crippen LogP contribution in [0.4, 0.5) is 0 Å². The van der Waals surface area contributed by atoms with Crippen LogP contribution in [-0.4, -0.2) is 41.9 Å². The normalized spacial score (nSPS) is 25.7. The third-order valence-electron chi connectivity index (χ3n) is 2.78. The maximum absolute atomic E-state index is 12.1. The molecule has 0 amide bonds. The summed E-state index contributed by atoms with van der Waals surface area (Å²) < 4.78 is 6.94. The van der Waals surface area contributed by atoms with Crippen molar-refractivity contribution in [3.8, 4) is 0 Å². The van der Waals surface area contributed by atoms with Crippen molar-refractivity contribution in [2.24, 2.45) is 13.0 Å². The van der Waals surface area contributed by atoms with Crippen molar-refractivity contribution in [1.82, 2.24) is 15.1 Å². The standard InChI is InChI=1S/C10H15N3O2/c1-11-9-6-15-5-8(9)10(14)7-3-12-13(2)4-7/h3-4,8-9,11H,5-6H2,1-2H3. The number of rotatable bonds is 3. The topological polar surface area (TPSA) is 56.1 Å². The lowest BCUT2D eigenvalue weighted by Gasteiger charge is -2.14. The molecule has 82 valence electrons. The van der Waals surface area contributed by atoms with Gasteiger partial charge in [0.25, 0.3) is 0 Å². The van der Waals surface area contributed by atoms with E-state index in [1.165, 1.54) is 0 Å². The number of hydrogen-bond acceptors (Lipinski definition) is 4. The lowest BCUT2D eigenvalue weighted by Crippen LogP contribution is -2.36. The summed E-state index contributed by atoms with van der Waals surface area (Å²) in [5.41, 5.74) is 0.660. The number of likely N-dealkylation sites (N-methyl/N-ethyl adjacent to an activating group) is 1. The van der Waals surface area contributed by atoms with Crippen LogP contribution >= 0.6 is 0 Å². The van der Waals surface area contributed by atoms with Crippen LogP contribution in [0.1, 0.15) is 10.4 Å². The minimum Gasteiger partial charge on any atom is -0.379 e. The largest absolute Gasteiger partial charge is 0.379 e. The summed E-state index contributed by atoms with van der Waals surface area (Å²) in [6, 6.07) is 0.123. The number of ether oxygens (including phenoxy) is 1. The predicted octanol–water partition coefficient (Wildman–Crippen LogP) is -0.163. The SMILES string of the molecule is CNC1COCC1C(=O)c1cnn(C)c1. The molecule has 1 aromatic heterocycles. The minimum atomic E-state index is -0.0841. The molecule has 1 aliphatic rings. The van der Waals surface area contributed by atoms with Gasteiger partial charge in [-0.05, 0) is 7.05 Å². The average Bonchev–Trinajstić information content (AvgIpc) is 2.84. The van der Waals surface area contributed by atoms with Crippen LogP contribution in [-0.2, 0) is 11.8 Å². The molecule has 0 aliphatic carbocycles. The van der Waals surface area contributed by atoms with E-state index in [-0.39, 0.29) is 17.7 Å². The monoisotopic (exact) mass is 209 g/mol. The molecule has 1 saturated heterocycles. The van der Waals surface area contributed by atoms with Crippen molar-refractivity contribution < 1.29 is 9.53 Å². The molecule has 0 saturated carbocycles. The molecule has 0 aromatic carbocycles. The minimum absolute atomic E-state index is 0.0841. The maximum Gasteiger partial charge on any atom is 0.173 e. The number of aryl methyl sites for hydroxylation is 1. The van der Waals surface area contributed by atoms with E-state index in [0.29, 0.717) is 18.8 Å². The van der Waals surface area contributed by atoms with E-state index in [4.69, 9.17) is 4.74 Å². The summed E-state index contributed by atoms with van der Waals surface area (Å²) >= 11 is 0. The molecule has 2 unspecified atom stereocenters. The van der Waals surface area contributed by atoms with Gasteiger partial charge in [0.2, 0.25) is 0 Å². The van der Waals surface area contributed by atoms with Crippen molar-refractivity contribution in [2.45, 2.75) is 6.04 Å². The van der Waals surface area contributed by atoms with Crippen molar-refractivity contribution in [3.05, 3.63) is 18.0 Å². The highest BCUT2D eigenvalue weighted by Crippen LogP contribution is 2.18. The molecule has 2 heterocycles. The van der Waals surface area contributed by atoms with Crippen LogP contribution in [0.3, 0.4) is 0 Å². The molecule has 2 rings (SSSR count). The number of carbonyl (C=O) groups excluding carboxylic acids is 1. The molecule has 1 N–H and O–H groups in total. The van der Waals surface area contributed by atoms with Crippen molar-refractivity contribution in [3.63, 3.8) is 0 Å². The molecule has 5 heteroatoms. The first-order chi connectivity index (χ1) is 7.22. The first-order valence-corrected chi connectivity index (χ1v) is 5.00. The van der Waals surface area contributed by atoms with E-state index in [9.17, 15) is 4.79 Å². The highest BCUT2D eigenvalue weighted by Gasteiger charge is 2.33. The second-order valence-corrected chi connectivity index (χ2v) is 3.81. The van der Waals surface area contributed by atoms with Crippen molar-refractivity contribution in [1.29, 1.82) is 0 Å². The number of aromatic nitrogens is 2. The van der Waals surface area contributed by atoms with Gasteiger partial charge in [0.1, 0.15) is 0 Å². The maximum atomic E-state index is 12.1. The lowest BCUT2D eigenvalue weighted by molar-refractivity contribution is 0.0892. The Kier molecular flexibility index (Phi) is 2.83. The van der Waals surface area contributed by atoms with Crippen LogP contribution in [0.2, 0.25) is 0 Å². The summed E-state index contributed by atoms with van der Waals surface area (Å²) in [7, 11) is 3.65. The Morgan fingerprint density at radius 2 is 2.47 bits per heavy atom. The molecule has 0 spiro atoms. The fourth-order valence-electron chi connectivity index (χ4n) is 1.86. The second-order valence-electron chi connectivity index (χ2n) is 3.81. The van der Waals surface area contributed by atoms with E-state index in [1.54, 1.807) is 24.1 Å². The summed E-state index contributed by atoms with van der Waals surface area (Å²) in [5, 5.41) is 7.09. The first kappa shape index (κ1) is 10.3. The fourth-order valence-corrected chi connectivity index (χ4v) is 1.86. The third-order valence-corrected chi connectivity index (χ3v) is 2.78. The van der Waals surface area contributed by atoms with Gasteiger partial charge >= 0.3 is 0 Å². The van der Waals surface area contributed by atoms with E-state index < -0.39 is 0 Å². The number of Topliss-reactive ketones (excluding diaryl/α,β-unsaturated/α-hetero) is 1. The lowest BCUT2D eigenvalue weighted by atomic mass is 9.95. The Hall–Kier alpha value is -1.20. The molecule has 2 atom stereocenters. The van der Waals surface area contributed by atoms with Crippen LogP contribution in [0.5, 0.6) is 0 Å². The van der Waals surface area contributed by atoms with Crippen LogP contribution in [0, 0.1) is 5.92 Å². The van der Waals surface area contributed by atoms with Gasteiger partial charge in [-0.25, -0.2) is 0 Å². The van der Waals surface area contributed by atoms with E-state index >= 15 is 0 Å². The Morgan fingerprint density at radius 3 is 3.07 bits per heavy atom. The van der Waals surface area contributed by atoms with Gasteiger partial charge in [-0.1, -0.05) is 0 Å². The molecule has 15 heavy (non-hydrogen) atoms. The smallest absolute Gasteiger partial charge is 0.173 e. The molecule has 0 radical (unpaired) electrons. The molecular formula is C10H15N3O2. The van der Waals surface area contributed by atoms with Gasteiger partial charge in [-0.2, -0.15) is 5.10 Å². The Bertz CT molecular complexity index is 361. The van der Waals surface area contributed by atoms with Gasteiger partial charge in [0.15, 0.2) is 5.78 Å². The zero-order valence-electron chi connectivity index (χ0n) is 8.93. The fraction of sp³-hybridized carbons (Fsp3) is 0.600. The Morgan fingerprint density at radius 1 is 1.67 bits per heavy atom. The van der Waals surface area contributed by atoms with Crippen molar-refractivity contribution in [2.75, 3.05) is 20.3 Å². The van der Waals surface area contributed by atoms with Crippen LogP contribution in [0.25, 0.3) is 0 Å². The van der Waals surface area contributed by atoms with Gasteiger partial charge in [0, 0.05) is 19.3 Å². The van der Waals surface area contributed by atoms with Crippen molar-refractivity contribution >= 4 is 5.78 Å². The highest BCUT2D eigenvalue weighted by molar-refractivity contribution is 5.98. The van der Waals surface area contributed by atoms with Crippen LogP contribution in [0.15, 0.2) is 12.4 Å².